The van der Waals surface area contributed by atoms with Gasteiger partial charge in [0, 0.05) is 11.1 Å². The maximum atomic E-state index is 9.26. The van der Waals surface area contributed by atoms with Gasteiger partial charge in [0.1, 0.15) is 11.9 Å². The molecule has 2 unspecified atom stereocenters. The Hall–Kier alpha value is -0.770. The Kier molecular flexibility index (Phi) is 3.69. The molecule has 0 saturated heterocycles. The Morgan fingerprint density at radius 3 is 2.50 bits per heavy atom. The Balaban J connectivity index is 1.97. The molecule has 1 aliphatic rings. The van der Waals surface area contributed by atoms with E-state index in [9.17, 15) is 5.11 Å². The summed E-state index contributed by atoms with van der Waals surface area (Å²) in [7, 11) is 0. The summed E-state index contributed by atoms with van der Waals surface area (Å²) in [5.41, 5.74) is 6.00. The SMILES string of the molecule is NC(C1CC1)C(CO)Oc1ccc(Cl)cc1. The highest BCUT2D eigenvalue weighted by molar-refractivity contribution is 6.30. The molecule has 0 heterocycles. The minimum atomic E-state index is -0.325. The van der Waals surface area contributed by atoms with Crippen LogP contribution in [-0.4, -0.2) is 23.9 Å². The summed E-state index contributed by atoms with van der Waals surface area (Å²) in [6.45, 7) is -0.0553. The second-order valence-electron chi connectivity index (χ2n) is 4.21. The number of hydrogen-bond acceptors (Lipinski definition) is 3. The van der Waals surface area contributed by atoms with E-state index < -0.39 is 0 Å². The van der Waals surface area contributed by atoms with Gasteiger partial charge in [0.25, 0.3) is 0 Å². The molecule has 3 N–H and O–H groups in total. The average Bonchev–Trinajstić information content (AvgIpc) is 3.11. The van der Waals surface area contributed by atoms with Crippen molar-refractivity contribution in [2.45, 2.75) is 25.0 Å². The normalized spacial score (nSPS) is 19.2. The zero-order valence-corrected chi connectivity index (χ0v) is 9.73. The van der Waals surface area contributed by atoms with Crippen LogP contribution in [0.5, 0.6) is 5.75 Å². The minimum Gasteiger partial charge on any atom is -0.486 e. The van der Waals surface area contributed by atoms with Gasteiger partial charge >= 0.3 is 0 Å². The zero-order valence-electron chi connectivity index (χ0n) is 8.97. The number of halogens is 1. The van der Waals surface area contributed by atoms with Crippen LogP contribution in [0.2, 0.25) is 5.02 Å². The second-order valence-corrected chi connectivity index (χ2v) is 4.64. The third-order valence-corrected chi connectivity index (χ3v) is 3.13. The fraction of sp³-hybridized carbons (Fsp3) is 0.500. The summed E-state index contributed by atoms with van der Waals surface area (Å²) in [5, 5.41) is 9.92. The molecular weight excluding hydrogens is 226 g/mol. The summed E-state index contributed by atoms with van der Waals surface area (Å²) in [5.74, 6) is 1.20. The van der Waals surface area contributed by atoms with E-state index in [0.717, 1.165) is 12.8 Å². The standard InChI is InChI=1S/C12H16ClNO2/c13-9-3-5-10(6-4-9)16-11(7-15)12(14)8-1-2-8/h3-6,8,11-12,15H,1-2,7,14H2. The maximum Gasteiger partial charge on any atom is 0.137 e. The molecule has 2 atom stereocenters. The second kappa shape index (κ2) is 5.04. The monoisotopic (exact) mass is 241 g/mol. The fourth-order valence-electron chi connectivity index (χ4n) is 1.71. The van der Waals surface area contributed by atoms with Crippen LogP contribution in [0.4, 0.5) is 0 Å². The number of nitrogens with two attached hydrogens (primary N) is 1. The Morgan fingerprint density at radius 1 is 1.38 bits per heavy atom. The van der Waals surface area contributed by atoms with Crippen LogP contribution in [-0.2, 0) is 0 Å². The van der Waals surface area contributed by atoms with Crippen LogP contribution < -0.4 is 10.5 Å². The molecule has 0 amide bonds. The molecule has 88 valence electrons. The summed E-state index contributed by atoms with van der Waals surface area (Å²) in [4.78, 5) is 0. The molecule has 0 radical (unpaired) electrons. The molecule has 1 fully saturated rings. The average molecular weight is 242 g/mol. The lowest BCUT2D eigenvalue weighted by Gasteiger charge is -2.23. The number of rotatable bonds is 5. The molecule has 1 aromatic rings. The molecule has 0 aromatic heterocycles. The highest BCUT2D eigenvalue weighted by atomic mass is 35.5. The van der Waals surface area contributed by atoms with Crippen molar-refractivity contribution < 1.29 is 9.84 Å². The van der Waals surface area contributed by atoms with E-state index >= 15 is 0 Å². The quantitative estimate of drug-likeness (QED) is 0.827. The van der Waals surface area contributed by atoms with Gasteiger partial charge in [-0.05, 0) is 43.0 Å². The summed E-state index contributed by atoms with van der Waals surface area (Å²) in [6, 6.07) is 7.00. The molecule has 0 aliphatic heterocycles. The van der Waals surface area contributed by atoms with E-state index in [4.69, 9.17) is 22.1 Å². The molecule has 4 heteroatoms. The van der Waals surface area contributed by atoms with Gasteiger partial charge in [-0.1, -0.05) is 11.6 Å². The van der Waals surface area contributed by atoms with E-state index in [-0.39, 0.29) is 18.8 Å². The molecule has 1 aromatic carbocycles. The lowest BCUT2D eigenvalue weighted by atomic mass is 10.1. The minimum absolute atomic E-state index is 0.0553. The third-order valence-electron chi connectivity index (χ3n) is 2.88. The predicted octanol–water partition coefficient (Wildman–Crippen LogP) is 1.82. The first-order chi connectivity index (χ1) is 7.70. The van der Waals surface area contributed by atoms with Gasteiger partial charge in [-0.2, -0.15) is 0 Å². The third kappa shape index (κ3) is 2.88. The van der Waals surface area contributed by atoms with Crippen molar-refractivity contribution in [1.29, 1.82) is 0 Å². The van der Waals surface area contributed by atoms with Gasteiger partial charge in [0.15, 0.2) is 0 Å². The first kappa shape index (κ1) is 11.7. The van der Waals surface area contributed by atoms with Crippen molar-refractivity contribution in [3.8, 4) is 5.75 Å². The van der Waals surface area contributed by atoms with Crippen molar-refractivity contribution in [2.75, 3.05) is 6.61 Å². The zero-order chi connectivity index (χ0) is 11.5. The predicted molar refractivity (Wildman–Crippen MR) is 63.7 cm³/mol. The number of ether oxygens (including phenoxy) is 1. The fourth-order valence-corrected chi connectivity index (χ4v) is 1.84. The van der Waals surface area contributed by atoms with Gasteiger partial charge in [-0.15, -0.1) is 0 Å². The van der Waals surface area contributed by atoms with Gasteiger partial charge in [0.05, 0.1) is 6.61 Å². The van der Waals surface area contributed by atoms with Crippen LogP contribution in [0.25, 0.3) is 0 Å². The Morgan fingerprint density at radius 2 is 2.00 bits per heavy atom. The van der Waals surface area contributed by atoms with E-state index in [1.807, 2.05) is 0 Å². The van der Waals surface area contributed by atoms with Crippen molar-refractivity contribution in [3.63, 3.8) is 0 Å². The first-order valence-electron chi connectivity index (χ1n) is 5.49. The number of aliphatic hydroxyl groups is 1. The van der Waals surface area contributed by atoms with Crippen LogP contribution in [0.3, 0.4) is 0 Å². The van der Waals surface area contributed by atoms with Gasteiger partial charge in [-0.3, -0.25) is 0 Å². The molecule has 16 heavy (non-hydrogen) atoms. The van der Waals surface area contributed by atoms with E-state index in [2.05, 4.69) is 0 Å². The maximum absolute atomic E-state index is 9.26. The van der Waals surface area contributed by atoms with Crippen LogP contribution in [0, 0.1) is 5.92 Å². The molecule has 1 saturated carbocycles. The van der Waals surface area contributed by atoms with Crippen molar-refractivity contribution >= 4 is 11.6 Å². The van der Waals surface area contributed by atoms with Crippen LogP contribution in [0.1, 0.15) is 12.8 Å². The van der Waals surface area contributed by atoms with E-state index in [1.165, 1.54) is 0 Å². The lowest BCUT2D eigenvalue weighted by molar-refractivity contribution is 0.0882. The number of aliphatic hydroxyl groups excluding tert-OH is 1. The molecule has 3 nitrogen and oxygen atoms in total. The smallest absolute Gasteiger partial charge is 0.137 e. The van der Waals surface area contributed by atoms with Gasteiger partial charge in [-0.25, -0.2) is 0 Å². The number of benzene rings is 1. The van der Waals surface area contributed by atoms with Gasteiger partial charge < -0.3 is 15.6 Å². The molecule has 2 rings (SSSR count). The molecule has 1 aliphatic carbocycles. The molecule has 0 spiro atoms. The first-order valence-corrected chi connectivity index (χ1v) is 5.87. The lowest BCUT2D eigenvalue weighted by Crippen LogP contribution is -2.43. The van der Waals surface area contributed by atoms with Crippen LogP contribution >= 0.6 is 11.6 Å². The Labute approximate surface area is 100 Å². The molecule has 0 bridgehead atoms. The van der Waals surface area contributed by atoms with Crippen molar-refractivity contribution in [2.24, 2.45) is 11.7 Å². The van der Waals surface area contributed by atoms with Gasteiger partial charge in [0.2, 0.25) is 0 Å². The molecular formula is C12H16ClNO2. The van der Waals surface area contributed by atoms with Crippen LogP contribution in [0.15, 0.2) is 24.3 Å². The highest BCUT2D eigenvalue weighted by Crippen LogP contribution is 2.33. The number of hydrogen-bond donors (Lipinski definition) is 2. The highest BCUT2D eigenvalue weighted by Gasteiger charge is 2.34. The topological polar surface area (TPSA) is 55.5 Å². The Bertz CT molecular complexity index is 337. The summed E-state index contributed by atoms with van der Waals surface area (Å²) < 4.78 is 5.65. The largest absolute Gasteiger partial charge is 0.486 e. The summed E-state index contributed by atoms with van der Waals surface area (Å²) >= 11 is 5.78. The summed E-state index contributed by atoms with van der Waals surface area (Å²) in [6.07, 6.45) is 1.96. The van der Waals surface area contributed by atoms with E-state index in [1.54, 1.807) is 24.3 Å². The van der Waals surface area contributed by atoms with Crippen molar-refractivity contribution in [3.05, 3.63) is 29.3 Å². The van der Waals surface area contributed by atoms with E-state index in [0.29, 0.717) is 16.7 Å². The van der Waals surface area contributed by atoms with Crippen molar-refractivity contribution in [1.82, 2.24) is 0 Å².